The molecule has 0 bridgehead atoms. The van der Waals surface area contributed by atoms with Crippen LogP contribution < -0.4 is 10.9 Å². The molecule has 0 aliphatic rings. The van der Waals surface area contributed by atoms with E-state index in [1.165, 1.54) is 18.3 Å². The van der Waals surface area contributed by atoms with Gasteiger partial charge in [-0.3, -0.25) is 9.59 Å². The van der Waals surface area contributed by atoms with E-state index in [1.54, 1.807) is 0 Å². The SMILES string of the molecule is CCC(C)NC(=O)Cn1cccc(C(=O)O)c1=O. The van der Waals surface area contributed by atoms with Gasteiger partial charge in [0.1, 0.15) is 12.1 Å². The normalized spacial score (nSPS) is 11.9. The molecule has 0 aliphatic heterocycles. The molecule has 1 aromatic heterocycles. The summed E-state index contributed by atoms with van der Waals surface area (Å²) in [4.78, 5) is 34.1. The third-order valence-electron chi connectivity index (χ3n) is 2.58. The number of nitrogens with zero attached hydrogens (tertiary/aromatic N) is 1. The summed E-state index contributed by atoms with van der Waals surface area (Å²) in [6.07, 6.45) is 2.18. The molecule has 0 saturated heterocycles. The first kappa shape index (κ1) is 14.0. The molecular weight excluding hydrogens is 236 g/mol. The summed E-state index contributed by atoms with van der Waals surface area (Å²) < 4.78 is 1.08. The van der Waals surface area contributed by atoms with E-state index < -0.39 is 11.5 Å². The van der Waals surface area contributed by atoms with E-state index in [2.05, 4.69) is 5.32 Å². The van der Waals surface area contributed by atoms with Crippen molar-refractivity contribution in [1.82, 2.24) is 9.88 Å². The Morgan fingerprint density at radius 2 is 2.17 bits per heavy atom. The maximum absolute atomic E-state index is 11.7. The zero-order chi connectivity index (χ0) is 13.7. The molecule has 1 unspecified atom stereocenters. The molecule has 1 atom stereocenters. The van der Waals surface area contributed by atoms with Crippen LogP contribution in [0.5, 0.6) is 0 Å². The van der Waals surface area contributed by atoms with Crippen LogP contribution in [0.15, 0.2) is 23.1 Å². The Hall–Kier alpha value is -2.11. The van der Waals surface area contributed by atoms with Crippen LogP contribution in [0.3, 0.4) is 0 Å². The molecule has 6 nitrogen and oxygen atoms in total. The molecule has 1 aromatic rings. The molecule has 0 fully saturated rings. The number of hydrogen-bond acceptors (Lipinski definition) is 3. The number of pyridine rings is 1. The summed E-state index contributed by atoms with van der Waals surface area (Å²) >= 11 is 0. The van der Waals surface area contributed by atoms with E-state index in [4.69, 9.17) is 5.11 Å². The van der Waals surface area contributed by atoms with Crippen molar-refractivity contribution >= 4 is 11.9 Å². The van der Waals surface area contributed by atoms with Gasteiger partial charge in [-0.25, -0.2) is 4.79 Å². The lowest BCUT2D eigenvalue weighted by Gasteiger charge is -2.12. The summed E-state index contributed by atoms with van der Waals surface area (Å²) in [5.41, 5.74) is -1.02. The zero-order valence-electron chi connectivity index (χ0n) is 10.3. The second kappa shape index (κ2) is 6.00. The molecular formula is C12H16N2O4. The zero-order valence-corrected chi connectivity index (χ0v) is 10.3. The van der Waals surface area contributed by atoms with Crippen molar-refractivity contribution in [3.63, 3.8) is 0 Å². The fourth-order valence-electron chi connectivity index (χ4n) is 1.40. The van der Waals surface area contributed by atoms with Gasteiger partial charge in [0.05, 0.1) is 0 Å². The van der Waals surface area contributed by atoms with Gasteiger partial charge in [-0.15, -0.1) is 0 Å². The van der Waals surface area contributed by atoms with Crippen molar-refractivity contribution in [3.05, 3.63) is 34.2 Å². The predicted molar refractivity (Wildman–Crippen MR) is 65.6 cm³/mol. The van der Waals surface area contributed by atoms with Gasteiger partial charge in [-0.2, -0.15) is 0 Å². The molecule has 2 N–H and O–H groups in total. The quantitative estimate of drug-likeness (QED) is 0.796. The van der Waals surface area contributed by atoms with Crippen LogP contribution in [-0.4, -0.2) is 27.6 Å². The Morgan fingerprint density at radius 1 is 1.50 bits per heavy atom. The summed E-state index contributed by atoms with van der Waals surface area (Å²) in [6.45, 7) is 3.61. The van der Waals surface area contributed by atoms with E-state index in [0.717, 1.165) is 11.0 Å². The van der Waals surface area contributed by atoms with Crippen LogP contribution in [0.1, 0.15) is 30.6 Å². The number of carboxylic acid groups (broad SMARTS) is 1. The van der Waals surface area contributed by atoms with Crippen molar-refractivity contribution in [1.29, 1.82) is 0 Å². The largest absolute Gasteiger partial charge is 0.477 e. The Balaban J connectivity index is 2.86. The molecule has 18 heavy (non-hydrogen) atoms. The Bertz CT molecular complexity index is 507. The van der Waals surface area contributed by atoms with Gasteiger partial charge in [0.25, 0.3) is 5.56 Å². The Kier molecular flexibility index (Phi) is 4.65. The van der Waals surface area contributed by atoms with E-state index in [0.29, 0.717) is 0 Å². The number of nitrogens with one attached hydrogen (secondary N) is 1. The highest BCUT2D eigenvalue weighted by atomic mass is 16.4. The third-order valence-corrected chi connectivity index (χ3v) is 2.58. The fourth-order valence-corrected chi connectivity index (χ4v) is 1.40. The van der Waals surface area contributed by atoms with Gasteiger partial charge < -0.3 is 15.0 Å². The van der Waals surface area contributed by atoms with Crippen LogP contribution in [-0.2, 0) is 11.3 Å². The monoisotopic (exact) mass is 252 g/mol. The molecule has 0 aliphatic carbocycles. The van der Waals surface area contributed by atoms with E-state index >= 15 is 0 Å². The average Bonchev–Trinajstić information content (AvgIpc) is 2.31. The summed E-state index contributed by atoms with van der Waals surface area (Å²) in [6, 6.07) is 2.67. The number of aromatic carboxylic acids is 1. The first-order valence-electron chi connectivity index (χ1n) is 5.67. The van der Waals surface area contributed by atoms with Crippen LogP contribution in [0.25, 0.3) is 0 Å². The van der Waals surface area contributed by atoms with E-state index in [9.17, 15) is 14.4 Å². The molecule has 0 aromatic carbocycles. The second-order valence-electron chi connectivity index (χ2n) is 4.04. The highest BCUT2D eigenvalue weighted by Crippen LogP contribution is 1.93. The lowest BCUT2D eigenvalue weighted by Crippen LogP contribution is -2.37. The molecule has 1 amide bonds. The number of amides is 1. The van der Waals surface area contributed by atoms with E-state index in [-0.39, 0.29) is 24.1 Å². The van der Waals surface area contributed by atoms with E-state index in [1.807, 2.05) is 13.8 Å². The first-order valence-corrected chi connectivity index (χ1v) is 5.67. The molecule has 1 heterocycles. The minimum atomic E-state index is -1.29. The molecule has 1 rings (SSSR count). The maximum atomic E-state index is 11.7. The number of hydrogen-bond donors (Lipinski definition) is 2. The van der Waals surface area contributed by atoms with Gasteiger partial charge in [0.2, 0.25) is 5.91 Å². The third kappa shape index (κ3) is 3.44. The highest BCUT2D eigenvalue weighted by molar-refractivity contribution is 5.87. The summed E-state index contributed by atoms with van der Waals surface area (Å²) in [7, 11) is 0. The minimum absolute atomic E-state index is 0.0239. The van der Waals surface area contributed by atoms with Crippen LogP contribution in [0.4, 0.5) is 0 Å². The number of rotatable bonds is 5. The minimum Gasteiger partial charge on any atom is -0.477 e. The number of carboxylic acids is 1. The van der Waals surface area contributed by atoms with Gasteiger partial charge >= 0.3 is 5.97 Å². The van der Waals surface area contributed by atoms with Gasteiger partial charge in [0, 0.05) is 12.2 Å². The number of aromatic nitrogens is 1. The molecule has 6 heteroatoms. The molecule has 98 valence electrons. The maximum Gasteiger partial charge on any atom is 0.341 e. The summed E-state index contributed by atoms with van der Waals surface area (Å²) in [5, 5.41) is 11.5. The topological polar surface area (TPSA) is 88.4 Å². The number of carbonyl (C=O) groups is 2. The summed E-state index contributed by atoms with van der Waals surface area (Å²) in [5.74, 6) is -1.61. The van der Waals surface area contributed by atoms with Crippen molar-refractivity contribution in [2.75, 3.05) is 0 Å². The smallest absolute Gasteiger partial charge is 0.341 e. The Labute approximate surface area is 104 Å². The standard InChI is InChI=1S/C12H16N2O4/c1-3-8(2)13-10(15)7-14-6-4-5-9(11(14)16)12(17)18/h4-6,8H,3,7H2,1-2H3,(H,13,15)(H,17,18). The van der Waals surface area contributed by atoms with Gasteiger partial charge in [-0.1, -0.05) is 6.92 Å². The molecule has 0 saturated carbocycles. The van der Waals surface area contributed by atoms with Crippen LogP contribution >= 0.6 is 0 Å². The van der Waals surface area contributed by atoms with Crippen molar-refractivity contribution in [2.45, 2.75) is 32.9 Å². The second-order valence-corrected chi connectivity index (χ2v) is 4.04. The molecule has 0 spiro atoms. The lowest BCUT2D eigenvalue weighted by molar-refractivity contribution is -0.122. The Morgan fingerprint density at radius 3 is 2.72 bits per heavy atom. The van der Waals surface area contributed by atoms with Gasteiger partial charge in [0.15, 0.2) is 0 Å². The van der Waals surface area contributed by atoms with Crippen molar-refractivity contribution in [3.8, 4) is 0 Å². The average molecular weight is 252 g/mol. The van der Waals surface area contributed by atoms with Crippen molar-refractivity contribution in [2.24, 2.45) is 0 Å². The fraction of sp³-hybridized carbons (Fsp3) is 0.417. The van der Waals surface area contributed by atoms with Crippen LogP contribution in [0, 0.1) is 0 Å². The van der Waals surface area contributed by atoms with Crippen LogP contribution in [0.2, 0.25) is 0 Å². The molecule has 0 radical (unpaired) electrons. The lowest BCUT2D eigenvalue weighted by atomic mass is 10.2. The van der Waals surface area contributed by atoms with Gasteiger partial charge in [-0.05, 0) is 25.5 Å². The number of carbonyl (C=O) groups excluding carboxylic acids is 1. The predicted octanol–water partition coefficient (Wildman–Crippen LogP) is 0.461. The highest BCUT2D eigenvalue weighted by Gasteiger charge is 2.12. The van der Waals surface area contributed by atoms with Crippen molar-refractivity contribution < 1.29 is 14.7 Å². The first-order chi connectivity index (χ1) is 8.45.